The highest BCUT2D eigenvalue weighted by Gasteiger charge is 2.42. The van der Waals surface area contributed by atoms with Crippen LogP contribution in [0.3, 0.4) is 0 Å². The first-order valence-electron chi connectivity index (χ1n) is 11.1. The lowest BCUT2D eigenvalue weighted by atomic mass is 9.78. The fourth-order valence-electron chi connectivity index (χ4n) is 5.04. The monoisotopic (exact) mass is 460 g/mol. The molecule has 0 aromatic carbocycles. The predicted molar refractivity (Wildman–Crippen MR) is 113 cm³/mol. The summed E-state index contributed by atoms with van der Waals surface area (Å²) in [4.78, 5) is 13.6. The van der Waals surface area contributed by atoms with Crippen LogP contribution in [0, 0.1) is 5.41 Å². The molecule has 3 aliphatic rings. The van der Waals surface area contributed by atoms with Crippen LogP contribution < -0.4 is 9.80 Å². The third-order valence-electron chi connectivity index (χ3n) is 7.14. The van der Waals surface area contributed by atoms with Crippen molar-refractivity contribution in [3.8, 4) is 0 Å². The molecule has 0 amide bonds. The molecule has 0 saturated carbocycles. The number of halogens is 3. The van der Waals surface area contributed by atoms with E-state index in [0.717, 1.165) is 68.5 Å². The maximum absolute atomic E-state index is 13.0. The molecular formula is C21H23F3N8O. The lowest BCUT2D eigenvalue weighted by Crippen LogP contribution is -2.42. The SMILES string of the molecule is FC(F)(F)c1cc(N2CCC3(CCN(c4cnc5cnn(C6COC6)c5n4)CC3)C2)cnn1. The maximum Gasteiger partial charge on any atom is 0.435 e. The maximum atomic E-state index is 13.0. The zero-order valence-electron chi connectivity index (χ0n) is 17.9. The number of piperidine rings is 1. The summed E-state index contributed by atoms with van der Waals surface area (Å²) >= 11 is 0. The van der Waals surface area contributed by atoms with Gasteiger partial charge in [0.1, 0.15) is 17.4 Å². The molecule has 33 heavy (non-hydrogen) atoms. The molecule has 6 rings (SSSR count). The first kappa shape index (κ1) is 20.6. The number of fused-ring (bicyclic) bond motifs is 1. The van der Waals surface area contributed by atoms with Gasteiger partial charge in [0.15, 0.2) is 11.3 Å². The van der Waals surface area contributed by atoms with E-state index in [2.05, 4.69) is 25.2 Å². The molecular weight excluding hydrogens is 437 g/mol. The third kappa shape index (κ3) is 3.65. The fourth-order valence-corrected chi connectivity index (χ4v) is 5.04. The molecule has 0 atom stereocenters. The van der Waals surface area contributed by atoms with Gasteiger partial charge in [-0.05, 0) is 30.7 Å². The molecule has 3 aromatic heterocycles. The van der Waals surface area contributed by atoms with E-state index in [-0.39, 0.29) is 11.5 Å². The Bertz CT molecular complexity index is 1170. The molecule has 0 bridgehead atoms. The van der Waals surface area contributed by atoms with E-state index in [9.17, 15) is 13.2 Å². The van der Waals surface area contributed by atoms with Crippen molar-refractivity contribution in [1.82, 2.24) is 29.9 Å². The second-order valence-electron chi connectivity index (χ2n) is 9.17. The molecule has 3 aromatic rings. The average Bonchev–Trinajstić information content (AvgIpc) is 3.37. The third-order valence-corrected chi connectivity index (χ3v) is 7.14. The summed E-state index contributed by atoms with van der Waals surface area (Å²) in [6.45, 7) is 4.39. The van der Waals surface area contributed by atoms with Gasteiger partial charge in [-0.15, -0.1) is 5.10 Å². The van der Waals surface area contributed by atoms with Crippen molar-refractivity contribution in [3.63, 3.8) is 0 Å². The highest BCUT2D eigenvalue weighted by atomic mass is 19.4. The largest absolute Gasteiger partial charge is 0.435 e. The summed E-state index contributed by atoms with van der Waals surface area (Å²) in [5.41, 5.74) is 1.17. The summed E-state index contributed by atoms with van der Waals surface area (Å²) in [5.74, 6) is 0.836. The number of hydrogen-bond donors (Lipinski definition) is 0. The van der Waals surface area contributed by atoms with E-state index in [1.165, 1.54) is 6.20 Å². The molecule has 0 N–H and O–H groups in total. The number of ether oxygens (including phenoxy) is 1. The topological polar surface area (TPSA) is 85.1 Å². The minimum Gasteiger partial charge on any atom is -0.377 e. The van der Waals surface area contributed by atoms with Crippen LogP contribution in [0.4, 0.5) is 24.7 Å². The summed E-state index contributed by atoms with van der Waals surface area (Å²) in [5, 5.41) is 11.2. The smallest absolute Gasteiger partial charge is 0.377 e. The van der Waals surface area contributed by atoms with Crippen LogP contribution in [0.2, 0.25) is 0 Å². The minimum atomic E-state index is -4.49. The quantitative estimate of drug-likeness (QED) is 0.590. The summed E-state index contributed by atoms with van der Waals surface area (Å²) in [6.07, 6.45) is 3.31. The van der Waals surface area contributed by atoms with Gasteiger partial charge in [-0.25, -0.2) is 14.6 Å². The molecule has 9 nitrogen and oxygen atoms in total. The molecule has 3 fully saturated rings. The molecule has 6 heterocycles. The van der Waals surface area contributed by atoms with Crippen LogP contribution >= 0.6 is 0 Å². The first-order chi connectivity index (χ1) is 15.9. The molecule has 174 valence electrons. The van der Waals surface area contributed by atoms with Gasteiger partial charge in [-0.1, -0.05) is 0 Å². The van der Waals surface area contributed by atoms with E-state index < -0.39 is 11.9 Å². The zero-order chi connectivity index (χ0) is 22.6. The van der Waals surface area contributed by atoms with Crippen LogP contribution in [0.1, 0.15) is 31.0 Å². The molecule has 12 heteroatoms. The Morgan fingerprint density at radius 3 is 2.45 bits per heavy atom. The summed E-state index contributed by atoms with van der Waals surface area (Å²) in [6, 6.07) is 1.31. The van der Waals surface area contributed by atoms with Crippen molar-refractivity contribution in [1.29, 1.82) is 0 Å². The first-order valence-corrected chi connectivity index (χ1v) is 11.1. The van der Waals surface area contributed by atoms with Gasteiger partial charge in [0.05, 0.1) is 37.5 Å². The van der Waals surface area contributed by atoms with Crippen LogP contribution in [-0.2, 0) is 10.9 Å². The van der Waals surface area contributed by atoms with Gasteiger partial charge in [0.2, 0.25) is 0 Å². The van der Waals surface area contributed by atoms with Gasteiger partial charge in [-0.3, -0.25) is 0 Å². The predicted octanol–water partition coefficient (Wildman–Crippen LogP) is 2.70. The standard InChI is InChI=1S/C21H23F3N8O/c22-21(23,24)17-7-14(8-26-29-17)31-6-3-20(13-31)1-4-30(5-2-20)18-10-25-16-9-27-32(19(16)28-18)15-11-33-12-15/h7-10,15H,1-6,11-13H2. The second kappa shape index (κ2) is 7.51. The second-order valence-corrected chi connectivity index (χ2v) is 9.17. The van der Waals surface area contributed by atoms with Crippen molar-refractivity contribution in [2.45, 2.75) is 31.5 Å². The van der Waals surface area contributed by atoms with Crippen molar-refractivity contribution in [2.24, 2.45) is 5.41 Å². The molecule has 1 spiro atoms. The van der Waals surface area contributed by atoms with Crippen LogP contribution in [0.25, 0.3) is 11.2 Å². The minimum absolute atomic E-state index is 0.0841. The lowest BCUT2D eigenvalue weighted by Gasteiger charge is -2.39. The number of nitrogens with zero attached hydrogens (tertiary/aromatic N) is 8. The highest BCUT2D eigenvalue weighted by Crippen LogP contribution is 2.43. The van der Waals surface area contributed by atoms with Crippen LogP contribution in [0.15, 0.2) is 24.7 Å². The van der Waals surface area contributed by atoms with E-state index in [4.69, 9.17) is 9.72 Å². The van der Waals surface area contributed by atoms with Gasteiger partial charge in [0, 0.05) is 26.2 Å². The Labute approximate surface area is 187 Å². The Kier molecular flexibility index (Phi) is 4.68. The van der Waals surface area contributed by atoms with Gasteiger partial charge < -0.3 is 14.5 Å². The Hall–Kier alpha value is -3.02. The fraction of sp³-hybridized carbons (Fsp3) is 0.571. The Balaban J connectivity index is 1.15. The zero-order valence-corrected chi connectivity index (χ0v) is 17.9. The Morgan fingerprint density at radius 2 is 1.76 bits per heavy atom. The number of hydrogen-bond acceptors (Lipinski definition) is 8. The van der Waals surface area contributed by atoms with Gasteiger partial charge in [-0.2, -0.15) is 23.4 Å². The molecule has 3 saturated heterocycles. The normalized spacial score (nSPS) is 21.2. The highest BCUT2D eigenvalue weighted by molar-refractivity contribution is 5.71. The van der Waals surface area contributed by atoms with E-state index in [1.54, 1.807) is 12.4 Å². The van der Waals surface area contributed by atoms with Gasteiger partial charge in [0.25, 0.3) is 0 Å². The van der Waals surface area contributed by atoms with E-state index in [1.807, 2.05) is 9.58 Å². The molecule has 3 aliphatic heterocycles. The summed E-state index contributed by atoms with van der Waals surface area (Å²) in [7, 11) is 0. The molecule has 0 radical (unpaired) electrons. The number of alkyl halides is 3. The van der Waals surface area contributed by atoms with Crippen molar-refractivity contribution >= 4 is 22.7 Å². The number of anilines is 2. The van der Waals surface area contributed by atoms with Crippen LogP contribution in [-0.4, -0.2) is 69.3 Å². The van der Waals surface area contributed by atoms with E-state index >= 15 is 0 Å². The average molecular weight is 460 g/mol. The van der Waals surface area contributed by atoms with Crippen molar-refractivity contribution in [3.05, 3.63) is 30.4 Å². The van der Waals surface area contributed by atoms with Crippen molar-refractivity contribution < 1.29 is 17.9 Å². The number of aromatic nitrogens is 6. The lowest BCUT2D eigenvalue weighted by molar-refractivity contribution is -0.141. The van der Waals surface area contributed by atoms with Crippen LogP contribution in [0.5, 0.6) is 0 Å². The molecule has 0 aliphatic carbocycles. The molecule has 0 unspecified atom stereocenters. The number of rotatable bonds is 3. The Morgan fingerprint density at radius 1 is 1.00 bits per heavy atom. The van der Waals surface area contributed by atoms with E-state index in [0.29, 0.717) is 18.9 Å². The summed E-state index contributed by atoms with van der Waals surface area (Å²) < 4.78 is 46.3. The van der Waals surface area contributed by atoms with Gasteiger partial charge >= 0.3 is 6.18 Å². The van der Waals surface area contributed by atoms with Crippen molar-refractivity contribution in [2.75, 3.05) is 49.2 Å².